The minimum atomic E-state index is -0.920. The van der Waals surface area contributed by atoms with Crippen LogP contribution in [0.15, 0.2) is 48.5 Å². The first kappa shape index (κ1) is 22.3. The predicted octanol–water partition coefficient (Wildman–Crippen LogP) is 2.60. The number of nitrogens with zero attached hydrogens (tertiary/aromatic N) is 1. The second kappa shape index (κ2) is 11.1. The standard InChI is InChI=1S/C20H22N4O6/c1-2-10-21-20(27)23-18(25)13-30-19(26)15-8-9-16(17(11-15)24(28)29)22-12-14-6-4-3-5-7-14/h3-9,11,22H,2,10,12-13H2,1H3,(H2,21,23,25,27). The largest absolute Gasteiger partial charge is 0.452 e. The van der Waals surface area contributed by atoms with E-state index < -0.39 is 29.4 Å². The maximum atomic E-state index is 12.1. The molecule has 0 atom stereocenters. The number of imide groups is 1. The number of rotatable bonds is 9. The van der Waals surface area contributed by atoms with E-state index in [1.54, 1.807) is 0 Å². The molecule has 0 saturated carbocycles. The van der Waals surface area contributed by atoms with Crippen molar-refractivity contribution in [2.45, 2.75) is 19.9 Å². The summed E-state index contributed by atoms with van der Waals surface area (Å²) in [4.78, 5) is 45.9. The summed E-state index contributed by atoms with van der Waals surface area (Å²) >= 11 is 0. The molecule has 2 aromatic rings. The van der Waals surface area contributed by atoms with E-state index in [1.165, 1.54) is 12.1 Å². The third kappa shape index (κ3) is 6.89. The first-order chi connectivity index (χ1) is 14.4. The second-order valence-corrected chi connectivity index (χ2v) is 6.21. The summed E-state index contributed by atoms with van der Waals surface area (Å²) in [6.07, 6.45) is 0.700. The van der Waals surface area contributed by atoms with Crippen molar-refractivity contribution < 1.29 is 24.0 Å². The van der Waals surface area contributed by atoms with Gasteiger partial charge in [-0.25, -0.2) is 9.59 Å². The third-order valence-corrected chi connectivity index (χ3v) is 3.88. The Morgan fingerprint density at radius 2 is 1.83 bits per heavy atom. The van der Waals surface area contributed by atoms with Crippen LogP contribution in [0.4, 0.5) is 16.2 Å². The molecule has 0 heterocycles. The van der Waals surface area contributed by atoms with E-state index in [1.807, 2.05) is 42.6 Å². The molecule has 10 nitrogen and oxygen atoms in total. The summed E-state index contributed by atoms with van der Waals surface area (Å²) in [6.45, 7) is 1.92. The number of esters is 1. The average Bonchev–Trinajstić information content (AvgIpc) is 2.75. The lowest BCUT2D eigenvalue weighted by Gasteiger charge is -2.09. The van der Waals surface area contributed by atoms with Crippen LogP contribution < -0.4 is 16.0 Å². The molecule has 0 aromatic heterocycles. The van der Waals surface area contributed by atoms with Crippen LogP contribution in [-0.4, -0.2) is 36.0 Å². The molecule has 2 aromatic carbocycles. The van der Waals surface area contributed by atoms with Crippen molar-refractivity contribution in [1.82, 2.24) is 10.6 Å². The molecule has 0 saturated heterocycles. The highest BCUT2D eigenvalue weighted by Gasteiger charge is 2.19. The highest BCUT2D eigenvalue weighted by atomic mass is 16.6. The molecule has 3 N–H and O–H groups in total. The smallest absolute Gasteiger partial charge is 0.338 e. The third-order valence-electron chi connectivity index (χ3n) is 3.88. The molecule has 0 unspecified atom stereocenters. The molecule has 0 fully saturated rings. The number of nitrogens with one attached hydrogen (secondary N) is 3. The molecule has 30 heavy (non-hydrogen) atoms. The molecule has 3 amide bonds. The van der Waals surface area contributed by atoms with E-state index in [0.717, 1.165) is 11.6 Å². The van der Waals surface area contributed by atoms with Gasteiger partial charge in [-0.2, -0.15) is 0 Å². The van der Waals surface area contributed by atoms with Gasteiger partial charge in [0.25, 0.3) is 11.6 Å². The quantitative estimate of drug-likeness (QED) is 0.325. The van der Waals surface area contributed by atoms with E-state index in [2.05, 4.69) is 10.6 Å². The van der Waals surface area contributed by atoms with Crippen LogP contribution in [0, 0.1) is 10.1 Å². The Bertz CT molecular complexity index is 917. The summed E-state index contributed by atoms with van der Waals surface area (Å²) in [5.41, 5.74) is 0.786. The summed E-state index contributed by atoms with van der Waals surface area (Å²) in [5, 5.41) is 18.8. The first-order valence-corrected chi connectivity index (χ1v) is 9.21. The van der Waals surface area contributed by atoms with Crippen molar-refractivity contribution >= 4 is 29.3 Å². The number of benzene rings is 2. The van der Waals surface area contributed by atoms with Gasteiger partial charge in [-0.15, -0.1) is 0 Å². The second-order valence-electron chi connectivity index (χ2n) is 6.21. The number of nitro groups is 1. The SMILES string of the molecule is CCCNC(=O)NC(=O)COC(=O)c1ccc(NCc2ccccc2)c([N+](=O)[O-])c1. The van der Waals surface area contributed by atoms with Crippen molar-refractivity contribution in [2.24, 2.45) is 0 Å². The Labute approximate surface area is 172 Å². The molecule has 0 bridgehead atoms. The van der Waals surface area contributed by atoms with Crippen molar-refractivity contribution in [2.75, 3.05) is 18.5 Å². The minimum absolute atomic E-state index is 0.0878. The molecule has 0 radical (unpaired) electrons. The highest BCUT2D eigenvalue weighted by molar-refractivity contribution is 5.97. The highest BCUT2D eigenvalue weighted by Crippen LogP contribution is 2.26. The van der Waals surface area contributed by atoms with Gasteiger partial charge in [-0.3, -0.25) is 20.2 Å². The average molecular weight is 414 g/mol. The van der Waals surface area contributed by atoms with Crippen molar-refractivity contribution in [3.05, 3.63) is 69.8 Å². The zero-order chi connectivity index (χ0) is 21.9. The van der Waals surface area contributed by atoms with Gasteiger partial charge in [-0.05, 0) is 24.1 Å². The van der Waals surface area contributed by atoms with Crippen LogP contribution in [-0.2, 0) is 16.1 Å². The lowest BCUT2D eigenvalue weighted by Crippen LogP contribution is -2.41. The van der Waals surface area contributed by atoms with Gasteiger partial charge in [0.05, 0.1) is 10.5 Å². The van der Waals surface area contributed by atoms with Crippen LogP contribution in [0.1, 0.15) is 29.3 Å². The van der Waals surface area contributed by atoms with Gasteiger partial charge >= 0.3 is 12.0 Å². The minimum Gasteiger partial charge on any atom is -0.452 e. The van der Waals surface area contributed by atoms with Crippen LogP contribution in [0.5, 0.6) is 0 Å². The van der Waals surface area contributed by atoms with Crippen molar-refractivity contribution in [1.29, 1.82) is 0 Å². The Morgan fingerprint density at radius 3 is 2.50 bits per heavy atom. The Morgan fingerprint density at radius 1 is 1.10 bits per heavy atom. The zero-order valence-electron chi connectivity index (χ0n) is 16.3. The number of ether oxygens (including phenoxy) is 1. The Balaban J connectivity index is 1.97. The fourth-order valence-corrected chi connectivity index (χ4v) is 2.41. The normalized spacial score (nSPS) is 10.0. The van der Waals surface area contributed by atoms with Crippen LogP contribution in [0.2, 0.25) is 0 Å². The Hall–Kier alpha value is -3.95. The van der Waals surface area contributed by atoms with Gasteiger partial charge < -0.3 is 15.4 Å². The molecule has 0 spiro atoms. The number of nitro benzene ring substituents is 1. The molecule has 158 valence electrons. The Kier molecular flexibility index (Phi) is 8.30. The van der Waals surface area contributed by atoms with Gasteiger partial charge in [0.2, 0.25) is 0 Å². The first-order valence-electron chi connectivity index (χ1n) is 9.21. The maximum absolute atomic E-state index is 12.1. The summed E-state index contributed by atoms with van der Waals surface area (Å²) in [6, 6.07) is 12.5. The lowest BCUT2D eigenvalue weighted by molar-refractivity contribution is -0.384. The summed E-state index contributed by atoms with van der Waals surface area (Å²) in [7, 11) is 0. The molecule has 10 heteroatoms. The molecular weight excluding hydrogens is 392 g/mol. The van der Waals surface area contributed by atoms with E-state index >= 15 is 0 Å². The molecule has 0 aliphatic carbocycles. The van der Waals surface area contributed by atoms with E-state index in [9.17, 15) is 24.5 Å². The van der Waals surface area contributed by atoms with Gasteiger partial charge in [0.15, 0.2) is 6.61 Å². The van der Waals surface area contributed by atoms with Gasteiger partial charge in [-0.1, -0.05) is 37.3 Å². The number of anilines is 1. The maximum Gasteiger partial charge on any atom is 0.338 e. The van der Waals surface area contributed by atoms with Gasteiger partial charge in [0.1, 0.15) is 5.69 Å². The number of hydrogen-bond acceptors (Lipinski definition) is 7. The number of carbonyl (C=O) groups excluding carboxylic acids is 3. The predicted molar refractivity (Wildman–Crippen MR) is 109 cm³/mol. The number of amides is 3. The zero-order valence-corrected chi connectivity index (χ0v) is 16.3. The van der Waals surface area contributed by atoms with Crippen molar-refractivity contribution in [3.63, 3.8) is 0 Å². The topological polar surface area (TPSA) is 140 Å². The van der Waals surface area contributed by atoms with Crippen LogP contribution in [0.3, 0.4) is 0 Å². The molecule has 2 rings (SSSR count). The van der Waals surface area contributed by atoms with Crippen LogP contribution in [0.25, 0.3) is 0 Å². The number of urea groups is 1. The monoisotopic (exact) mass is 414 g/mol. The molecule has 0 aliphatic rings. The fraction of sp³-hybridized carbons (Fsp3) is 0.250. The lowest BCUT2D eigenvalue weighted by atomic mass is 10.1. The molecule has 0 aliphatic heterocycles. The molecular formula is C20H22N4O6. The fourth-order valence-electron chi connectivity index (χ4n) is 2.41. The summed E-state index contributed by atoms with van der Waals surface area (Å²) < 4.78 is 4.83. The van der Waals surface area contributed by atoms with E-state index in [4.69, 9.17) is 4.74 Å². The summed E-state index contributed by atoms with van der Waals surface area (Å²) in [5.74, 6) is -1.73. The van der Waals surface area contributed by atoms with E-state index in [0.29, 0.717) is 19.5 Å². The number of carbonyl (C=O) groups is 3. The van der Waals surface area contributed by atoms with E-state index in [-0.39, 0.29) is 16.9 Å². The van der Waals surface area contributed by atoms with Crippen molar-refractivity contribution in [3.8, 4) is 0 Å². The van der Waals surface area contributed by atoms with Gasteiger partial charge in [0, 0.05) is 19.2 Å². The number of hydrogen-bond donors (Lipinski definition) is 3. The van der Waals surface area contributed by atoms with Crippen LogP contribution >= 0.6 is 0 Å².